The molecule has 0 aliphatic carbocycles. The third-order valence-electron chi connectivity index (χ3n) is 5.29. The van der Waals surface area contributed by atoms with E-state index in [0.29, 0.717) is 30.4 Å². The van der Waals surface area contributed by atoms with Gasteiger partial charge in [-0.25, -0.2) is 4.98 Å². The van der Waals surface area contributed by atoms with Crippen LogP contribution in [0.5, 0.6) is 5.75 Å². The smallest absolute Gasteiger partial charge is 0.228 e. The normalized spacial score (nSPS) is 14.1. The maximum absolute atomic E-state index is 12.8. The van der Waals surface area contributed by atoms with Crippen molar-refractivity contribution >= 4 is 11.6 Å². The van der Waals surface area contributed by atoms with Crippen LogP contribution in [-0.2, 0) is 11.2 Å². The summed E-state index contributed by atoms with van der Waals surface area (Å²) >= 11 is 0. The summed E-state index contributed by atoms with van der Waals surface area (Å²) in [5.74, 6) is 2.20. The number of ether oxygens (including phenoxy) is 1. The number of anilines is 1. The third-order valence-corrected chi connectivity index (χ3v) is 5.29. The molecule has 0 radical (unpaired) electrons. The molecular weight excluding hydrogens is 366 g/mol. The van der Waals surface area contributed by atoms with Crippen LogP contribution in [0.15, 0.2) is 59.0 Å². The van der Waals surface area contributed by atoms with Gasteiger partial charge in [0.05, 0.1) is 24.9 Å². The lowest BCUT2D eigenvalue weighted by Crippen LogP contribution is -2.49. The van der Waals surface area contributed by atoms with Gasteiger partial charge < -0.3 is 19.0 Å². The van der Waals surface area contributed by atoms with Crippen molar-refractivity contribution < 1.29 is 13.9 Å². The van der Waals surface area contributed by atoms with E-state index in [1.54, 1.807) is 7.11 Å². The van der Waals surface area contributed by atoms with Crippen LogP contribution in [0.25, 0.3) is 11.5 Å². The average Bonchev–Trinajstić information content (AvgIpc) is 3.14. The molecule has 1 aliphatic rings. The Hall–Kier alpha value is -3.28. The van der Waals surface area contributed by atoms with Crippen molar-refractivity contribution in [1.29, 1.82) is 0 Å². The Kier molecular flexibility index (Phi) is 5.51. The predicted octanol–water partition coefficient (Wildman–Crippen LogP) is 3.55. The predicted molar refractivity (Wildman–Crippen MR) is 112 cm³/mol. The third kappa shape index (κ3) is 4.11. The molecule has 29 heavy (non-hydrogen) atoms. The Bertz CT molecular complexity index is 976. The van der Waals surface area contributed by atoms with Crippen molar-refractivity contribution in [2.24, 2.45) is 0 Å². The molecule has 1 aromatic heterocycles. The molecule has 1 amide bonds. The van der Waals surface area contributed by atoms with Crippen LogP contribution in [0.1, 0.15) is 11.5 Å². The first-order valence-electron chi connectivity index (χ1n) is 9.83. The van der Waals surface area contributed by atoms with Crippen LogP contribution < -0.4 is 9.64 Å². The Balaban J connectivity index is 1.39. The molecule has 2 aromatic carbocycles. The van der Waals surface area contributed by atoms with Gasteiger partial charge in [-0.15, -0.1) is 0 Å². The zero-order valence-corrected chi connectivity index (χ0v) is 16.8. The highest BCUT2D eigenvalue weighted by molar-refractivity contribution is 5.79. The number of benzene rings is 2. The van der Waals surface area contributed by atoms with Crippen molar-refractivity contribution in [2.45, 2.75) is 13.3 Å². The van der Waals surface area contributed by atoms with Crippen LogP contribution in [-0.4, -0.2) is 49.1 Å². The van der Waals surface area contributed by atoms with Gasteiger partial charge in [-0.3, -0.25) is 4.79 Å². The second-order valence-electron chi connectivity index (χ2n) is 7.10. The van der Waals surface area contributed by atoms with Gasteiger partial charge in [0.15, 0.2) is 0 Å². The van der Waals surface area contributed by atoms with E-state index in [-0.39, 0.29) is 12.3 Å². The molecule has 0 saturated carbocycles. The summed E-state index contributed by atoms with van der Waals surface area (Å²) < 4.78 is 11.2. The summed E-state index contributed by atoms with van der Waals surface area (Å²) in [6, 6.07) is 17.7. The van der Waals surface area contributed by atoms with Crippen molar-refractivity contribution in [3.8, 4) is 17.2 Å². The molecule has 2 heterocycles. The van der Waals surface area contributed by atoms with Gasteiger partial charge in [-0.2, -0.15) is 0 Å². The van der Waals surface area contributed by atoms with Crippen LogP contribution in [0.3, 0.4) is 0 Å². The average molecular weight is 391 g/mol. The van der Waals surface area contributed by atoms with E-state index < -0.39 is 0 Å². The standard InChI is InChI=1S/C23H25N3O3/c1-17-19(24-23(29-17)18-8-4-3-5-9-18)16-22(27)26-14-12-25(13-15-26)20-10-6-7-11-21(20)28-2/h3-11H,12-16H2,1-2H3. The maximum atomic E-state index is 12.8. The van der Waals surface area contributed by atoms with E-state index in [2.05, 4.69) is 16.0 Å². The number of nitrogens with zero attached hydrogens (tertiary/aromatic N) is 3. The number of piperazine rings is 1. The maximum Gasteiger partial charge on any atom is 0.228 e. The van der Waals surface area contributed by atoms with Gasteiger partial charge in [-0.1, -0.05) is 30.3 Å². The fraction of sp³-hybridized carbons (Fsp3) is 0.304. The van der Waals surface area contributed by atoms with Crippen LogP contribution in [0.4, 0.5) is 5.69 Å². The lowest BCUT2D eigenvalue weighted by Gasteiger charge is -2.36. The minimum absolute atomic E-state index is 0.0840. The second-order valence-corrected chi connectivity index (χ2v) is 7.10. The summed E-state index contributed by atoms with van der Waals surface area (Å²) in [5, 5.41) is 0. The molecule has 0 unspecified atom stereocenters. The molecule has 3 aromatic rings. The van der Waals surface area contributed by atoms with Gasteiger partial charge in [0.2, 0.25) is 11.8 Å². The monoisotopic (exact) mass is 391 g/mol. The van der Waals surface area contributed by atoms with Crippen molar-refractivity contribution in [1.82, 2.24) is 9.88 Å². The fourth-order valence-corrected chi connectivity index (χ4v) is 3.64. The summed E-state index contributed by atoms with van der Waals surface area (Å²) in [6.45, 7) is 4.78. The first kappa shape index (κ1) is 19.1. The first-order valence-corrected chi connectivity index (χ1v) is 9.83. The van der Waals surface area contributed by atoms with E-state index in [1.807, 2.05) is 60.4 Å². The van der Waals surface area contributed by atoms with Crippen LogP contribution in [0, 0.1) is 6.92 Å². The van der Waals surface area contributed by atoms with Gasteiger partial charge >= 0.3 is 0 Å². The highest BCUT2D eigenvalue weighted by atomic mass is 16.5. The van der Waals surface area contributed by atoms with Crippen molar-refractivity contribution in [3.63, 3.8) is 0 Å². The van der Waals surface area contributed by atoms with Gasteiger partial charge in [-0.05, 0) is 31.2 Å². The second kappa shape index (κ2) is 8.39. The Morgan fingerprint density at radius 3 is 2.45 bits per heavy atom. The first-order chi connectivity index (χ1) is 14.2. The molecule has 0 bridgehead atoms. The molecular formula is C23H25N3O3. The number of aromatic nitrogens is 1. The molecule has 1 fully saturated rings. The van der Waals surface area contributed by atoms with Gasteiger partial charge in [0, 0.05) is 31.7 Å². The van der Waals surface area contributed by atoms with E-state index in [1.165, 1.54) is 0 Å². The number of hydrogen-bond acceptors (Lipinski definition) is 5. The zero-order chi connectivity index (χ0) is 20.2. The van der Waals surface area contributed by atoms with E-state index in [9.17, 15) is 4.79 Å². The molecule has 0 N–H and O–H groups in total. The van der Waals surface area contributed by atoms with Crippen LogP contribution in [0.2, 0.25) is 0 Å². The number of amides is 1. The van der Waals surface area contributed by atoms with Gasteiger partial charge in [0.1, 0.15) is 11.5 Å². The molecule has 1 saturated heterocycles. The Morgan fingerprint density at radius 1 is 1.03 bits per heavy atom. The van der Waals surface area contributed by atoms with E-state index >= 15 is 0 Å². The topological polar surface area (TPSA) is 58.8 Å². The highest BCUT2D eigenvalue weighted by Crippen LogP contribution is 2.28. The minimum atomic E-state index is 0.0840. The lowest BCUT2D eigenvalue weighted by molar-refractivity contribution is -0.130. The van der Waals surface area contributed by atoms with E-state index in [4.69, 9.17) is 9.15 Å². The molecule has 0 spiro atoms. The quantitative estimate of drug-likeness (QED) is 0.666. The summed E-state index contributed by atoms with van der Waals surface area (Å²) in [6.07, 6.45) is 0.261. The summed E-state index contributed by atoms with van der Waals surface area (Å²) in [4.78, 5) is 21.6. The number of hydrogen-bond donors (Lipinski definition) is 0. The summed E-state index contributed by atoms with van der Waals surface area (Å²) in [7, 11) is 1.68. The fourth-order valence-electron chi connectivity index (χ4n) is 3.64. The molecule has 6 heteroatoms. The number of oxazole rings is 1. The Morgan fingerprint density at radius 2 is 1.72 bits per heavy atom. The molecule has 4 rings (SSSR count). The van der Waals surface area contributed by atoms with E-state index in [0.717, 1.165) is 30.1 Å². The molecule has 0 atom stereocenters. The summed E-state index contributed by atoms with van der Waals surface area (Å²) in [5.41, 5.74) is 2.70. The zero-order valence-electron chi connectivity index (χ0n) is 16.8. The number of rotatable bonds is 5. The number of carbonyl (C=O) groups is 1. The van der Waals surface area contributed by atoms with Crippen molar-refractivity contribution in [3.05, 3.63) is 66.1 Å². The Labute approximate surface area is 170 Å². The number of methoxy groups -OCH3 is 1. The molecule has 6 nitrogen and oxygen atoms in total. The lowest BCUT2D eigenvalue weighted by atomic mass is 10.2. The minimum Gasteiger partial charge on any atom is -0.495 e. The number of aryl methyl sites for hydroxylation is 1. The van der Waals surface area contributed by atoms with Crippen LogP contribution >= 0.6 is 0 Å². The molecule has 1 aliphatic heterocycles. The van der Waals surface area contributed by atoms with Gasteiger partial charge in [0.25, 0.3) is 0 Å². The largest absolute Gasteiger partial charge is 0.495 e. The number of carbonyl (C=O) groups excluding carboxylic acids is 1. The highest BCUT2D eigenvalue weighted by Gasteiger charge is 2.24. The number of para-hydroxylation sites is 2. The SMILES string of the molecule is COc1ccccc1N1CCN(C(=O)Cc2nc(-c3ccccc3)oc2C)CC1. The van der Waals surface area contributed by atoms with Crippen molar-refractivity contribution in [2.75, 3.05) is 38.2 Å². The molecule has 150 valence electrons.